The number of alkyl carbamates (subject to hydrolysis) is 1. The zero-order valence-corrected chi connectivity index (χ0v) is 26.1. The molecule has 0 spiro atoms. The summed E-state index contributed by atoms with van der Waals surface area (Å²) in [5, 5.41) is 59.7. The SMILES string of the molecule is CCC[C@H](NC(=O)OC(C)(C)C)C(=O)N[C@@H](CC(N)=O)C(=O)N[C@@H](CO)[C@@H](O)[C@@H](O)[C@H](O)C(=O)N[C@@H](CC(=O)O)c1ccccc1. The van der Waals surface area contributed by atoms with E-state index < -0.39 is 103 Å². The highest BCUT2D eigenvalue weighted by Crippen LogP contribution is 2.18. The first-order valence-corrected chi connectivity index (χ1v) is 14.5. The van der Waals surface area contributed by atoms with Crippen LogP contribution in [-0.4, -0.2) is 110 Å². The van der Waals surface area contributed by atoms with Gasteiger partial charge in [0, 0.05) is 0 Å². The van der Waals surface area contributed by atoms with Crippen molar-refractivity contribution in [1.82, 2.24) is 21.3 Å². The fourth-order valence-corrected chi connectivity index (χ4v) is 4.16. The van der Waals surface area contributed by atoms with Gasteiger partial charge in [-0.25, -0.2) is 4.79 Å². The van der Waals surface area contributed by atoms with Crippen LogP contribution in [0.2, 0.25) is 0 Å². The number of benzene rings is 1. The monoisotopic (exact) mass is 655 g/mol. The van der Waals surface area contributed by atoms with E-state index in [0.717, 1.165) is 0 Å². The lowest BCUT2D eigenvalue weighted by Gasteiger charge is -2.30. The van der Waals surface area contributed by atoms with Crippen molar-refractivity contribution in [3.63, 3.8) is 0 Å². The van der Waals surface area contributed by atoms with Crippen molar-refractivity contribution in [1.29, 1.82) is 0 Å². The molecule has 0 aliphatic carbocycles. The van der Waals surface area contributed by atoms with Gasteiger partial charge in [-0.15, -0.1) is 0 Å². The number of rotatable bonds is 18. The first-order valence-electron chi connectivity index (χ1n) is 14.5. The summed E-state index contributed by atoms with van der Waals surface area (Å²) in [6, 6.07) is 2.20. The Morgan fingerprint density at radius 1 is 0.826 bits per heavy atom. The largest absolute Gasteiger partial charge is 0.481 e. The summed E-state index contributed by atoms with van der Waals surface area (Å²) in [4.78, 5) is 74.0. The summed E-state index contributed by atoms with van der Waals surface area (Å²) in [5.41, 5.74) is 4.75. The van der Waals surface area contributed by atoms with E-state index in [9.17, 15) is 54.3 Å². The summed E-state index contributed by atoms with van der Waals surface area (Å²) < 4.78 is 5.16. The standard InChI is InChI=1S/C29H45N5O12/c1-5-9-16(34-28(45)46-29(2,3)4)25(42)32-18(12-20(30)36)26(43)33-19(14-35)22(39)23(40)24(41)27(44)31-17(13-21(37)38)15-10-7-6-8-11-15/h6-8,10-11,16-19,22-24,35,39-41H,5,9,12-14H2,1-4H3,(H2,30,36)(H,31,44)(H,32,42)(H,33,43)(H,34,45)(H,37,38)/t16-,17-,18-,19-,22+,23+,24-/m0/s1. The first kappa shape index (κ1) is 39.7. The van der Waals surface area contributed by atoms with Gasteiger partial charge in [0.25, 0.3) is 5.91 Å². The normalized spacial score (nSPS) is 15.9. The number of carbonyl (C=O) groups is 6. The Morgan fingerprint density at radius 3 is 1.91 bits per heavy atom. The van der Waals surface area contributed by atoms with Crippen LogP contribution in [0.1, 0.15) is 65.0 Å². The summed E-state index contributed by atoms with van der Waals surface area (Å²) in [5.74, 6) is -5.57. The molecule has 0 bridgehead atoms. The van der Waals surface area contributed by atoms with Crippen molar-refractivity contribution in [2.45, 2.75) is 101 Å². The molecule has 0 unspecified atom stereocenters. The minimum atomic E-state index is -2.35. The van der Waals surface area contributed by atoms with E-state index in [0.29, 0.717) is 12.0 Å². The number of nitrogens with one attached hydrogen (secondary N) is 4. The minimum Gasteiger partial charge on any atom is -0.481 e. The second-order valence-corrected chi connectivity index (χ2v) is 11.5. The van der Waals surface area contributed by atoms with E-state index in [-0.39, 0.29) is 6.42 Å². The zero-order chi connectivity index (χ0) is 35.2. The molecule has 0 aromatic heterocycles. The molecule has 17 nitrogen and oxygen atoms in total. The zero-order valence-electron chi connectivity index (χ0n) is 26.1. The lowest BCUT2D eigenvalue weighted by molar-refractivity contribution is -0.145. The number of aliphatic carboxylic acids is 1. The fraction of sp³-hybridized carbons (Fsp3) is 0.586. The van der Waals surface area contributed by atoms with Crippen molar-refractivity contribution in [2.24, 2.45) is 5.73 Å². The number of nitrogens with two attached hydrogens (primary N) is 1. The molecular formula is C29H45N5O12. The number of aliphatic hydroxyl groups excluding tert-OH is 4. The molecule has 46 heavy (non-hydrogen) atoms. The molecular weight excluding hydrogens is 610 g/mol. The van der Waals surface area contributed by atoms with Crippen LogP contribution in [0.25, 0.3) is 0 Å². The number of carboxylic acids is 1. The van der Waals surface area contributed by atoms with Crippen LogP contribution >= 0.6 is 0 Å². The van der Waals surface area contributed by atoms with E-state index >= 15 is 0 Å². The number of carboxylic acid groups (broad SMARTS) is 1. The third-order valence-corrected chi connectivity index (χ3v) is 6.40. The molecule has 0 radical (unpaired) electrons. The minimum absolute atomic E-state index is 0.123. The number of ether oxygens (including phenoxy) is 1. The van der Waals surface area contributed by atoms with E-state index in [2.05, 4.69) is 21.3 Å². The van der Waals surface area contributed by atoms with Crippen LogP contribution in [0.3, 0.4) is 0 Å². The molecule has 0 fully saturated rings. The Morgan fingerprint density at radius 2 is 1.41 bits per heavy atom. The maximum atomic E-state index is 13.1. The van der Waals surface area contributed by atoms with Gasteiger partial charge in [0.05, 0.1) is 31.5 Å². The number of hydrogen-bond acceptors (Lipinski definition) is 11. The van der Waals surface area contributed by atoms with Gasteiger partial charge in [0.2, 0.25) is 17.7 Å². The van der Waals surface area contributed by atoms with Crippen molar-refractivity contribution in [3.05, 3.63) is 35.9 Å². The van der Waals surface area contributed by atoms with E-state index in [1.54, 1.807) is 45.9 Å². The first-order chi connectivity index (χ1) is 21.4. The quantitative estimate of drug-likeness (QED) is 0.0816. The Labute approximate surface area is 265 Å². The van der Waals surface area contributed by atoms with Gasteiger partial charge >= 0.3 is 12.1 Å². The Bertz CT molecular complexity index is 1190. The van der Waals surface area contributed by atoms with Gasteiger partial charge in [0.1, 0.15) is 29.9 Å². The Kier molecular flexibility index (Phi) is 16.1. The maximum absolute atomic E-state index is 13.1. The molecule has 0 saturated carbocycles. The molecule has 0 heterocycles. The van der Waals surface area contributed by atoms with Crippen molar-refractivity contribution in [3.8, 4) is 0 Å². The lowest BCUT2D eigenvalue weighted by atomic mass is 9.98. The van der Waals surface area contributed by atoms with Gasteiger partial charge in [0.15, 0.2) is 6.10 Å². The highest BCUT2D eigenvalue weighted by Gasteiger charge is 2.38. The molecule has 0 aliphatic heterocycles. The Balaban J connectivity index is 3.02. The topological polar surface area (TPSA) is 287 Å². The molecule has 1 aromatic rings. The highest BCUT2D eigenvalue weighted by atomic mass is 16.6. The average Bonchev–Trinajstić information content (AvgIpc) is 2.96. The van der Waals surface area contributed by atoms with Gasteiger partial charge < -0.3 is 57.3 Å². The van der Waals surface area contributed by atoms with Gasteiger partial charge in [-0.3, -0.25) is 24.0 Å². The van der Waals surface area contributed by atoms with Gasteiger partial charge in [-0.1, -0.05) is 43.7 Å². The van der Waals surface area contributed by atoms with Gasteiger partial charge in [-0.2, -0.15) is 0 Å². The molecule has 7 atom stereocenters. The highest BCUT2D eigenvalue weighted by molar-refractivity contribution is 5.94. The smallest absolute Gasteiger partial charge is 0.408 e. The molecule has 5 amide bonds. The molecule has 1 aromatic carbocycles. The van der Waals surface area contributed by atoms with Crippen LogP contribution in [0, 0.1) is 0 Å². The van der Waals surface area contributed by atoms with Crippen LogP contribution in [0.4, 0.5) is 4.79 Å². The molecule has 0 saturated heterocycles. The van der Waals surface area contributed by atoms with E-state index in [1.165, 1.54) is 12.1 Å². The lowest BCUT2D eigenvalue weighted by Crippen LogP contribution is -2.60. The number of amides is 5. The number of hydrogen-bond donors (Lipinski definition) is 10. The molecule has 0 aliphatic rings. The Hall–Kier alpha value is -4.32. The van der Waals surface area contributed by atoms with Crippen molar-refractivity contribution < 1.29 is 59.0 Å². The van der Waals surface area contributed by atoms with Crippen LogP contribution < -0.4 is 27.0 Å². The average molecular weight is 656 g/mol. The van der Waals surface area contributed by atoms with Crippen LogP contribution in [0.15, 0.2) is 30.3 Å². The van der Waals surface area contributed by atoms with E-state index in [4.69, 9.17) is 10.5 Å². The summed E-state index contributed by atoms with van der Waals surface area (Å²) in [7, 11) is 0. The van der Waals surface area contributed by atoms with E-state index in [1.807, 2.05) is 0 Å². The van der Waals surface area contributed by atoms with Crippen molar-refractivity contribution in [2.75, 3.05) is 6.61 Å². The maximum Gasteiger partial charge on any atom is 0.408 e. The van der Waals surface area contributed by atoms with Crippen LogP contribution in [0.5, 0.6) is 0 Å². The second kappa shape index (κ2) is 18.6. The predicted molar refractivity (Wildman–Crippen MR) is 160 cm³/mol. The molecule has 1 rings (SSSR count). The van der Waals surface area contributed by atoms with Crippen molar-refractivity contribution >= 4 is 35.7 Å². The summed E-state index contributed by atoms with van der Waals surface area (Å²) >= 11 is 0. The molecule has 258 valence electrons. The van der Waals surface area contributed by atoms with Crippen LogP contribution in [-0.2, 0) is 28.7 Å². The number of aliphatic hydroxyl groups is 4. The third-order valence-electron chi connectivity index (χ3n) is 6.40. The number of primary amides is 1. The fourth-order valence-electron chi connectivity index (χ4n) is 4.16. The third kappa shape index (κ3) is 13.8. The summed E-state index contributed by atoms with van der Waals surface area (Å²) in [6.07, 6.45) is -8.52. The second-order valence-electron chi connectivity index (χ2n) is 11.5. The molecule has 11 N–H and O–H groups in total. The molecule has 17 heteroatoms. The number of carbonyl (C=O) groups excluding carboxylic acids is 5. The predicted octanol–water partition coefficient (Wildman–Crippen LogP) is -2.07. The van der Waals surface area contributed by atoms with Gasteiger partial charge in [-0.05, 0) is 32.8 Å². The summed E-state index contributed by atoms with van der Waals surface area (Å²) in [6.45, 7) is 5.53.